The highest BCUT2D eigenvalue weighted by atomic mass is 35.5. The summed E-state index contributed by atoms with van der Waals surface area (Å²) in [6, 6.07) is 13.7. The summed E-state index contributed by atoms with van der Waals surface area (Å²) in [5.74, 6) is 0.752. The average Bonchev–Trinajstić information content (AvgIpc) is 2.71. The van der Waals surface area contributed by atoms with Crippen LogP contribution in [0.3, 0.4) is 0 Å². The third-order valence-electron chi connectivity index (χ3n) is 4.46. The van der Waals surface area contributed by atoms with Gasteiger partial charge in [-0.3, -0.25) is 9.59 Å². The lowest BCUT2D eigenvalue weighted by Crippen LogP contribution is -2.29. The molecule has 3 rings (SSSR count). The SMILES string of the molecule is COc1cc(Cn2cccc(C(=O)Nc3ccc(C)c(Cl)c3)c2=O)cc(OC)c1. The van der Waals surface area contributed by atoms with E-state index in [9.17, 15) is 9.59 Å². The maximum atomic E-state index is 12.8. The van der Waals surface area contributed by atoms with Gasteiger partial charge in [-0.25, -0.2) is 0 Å². The topological polar surface area (TPSA) is 69.6 Å². The number of aryl methyl sites for hydroxylation is 1. The number of nitrogens with zero attached hydrogens (tertiary/aromatic N) is 1. The van der Waals surface area contributed by atoms with Gasteiger partial charge in [0, 0.05) is 23.0 Å². The Bertz CT molecular complexity index is 1090. The highest BCUT2D eigenvalue weighted by Gasteiger charge is 2.14. The molecule has 1 N–H and O–H groups in total. The van der Waals surface area contributed by atoms with Crippen LogP contribution in [0.2, 0.25) is 5.02 Å². The van der Waals surface area contributed by atoms with E-state index in [2.05, 4.69) is 5.32 Å². The minimum atomic E-state index is -0.493. The number of amides is 1. The summed E-state index contributed by atoms with van der Waals surface area (Å²) >= 11 is 6.10. The van der Waals surface area contributed by atoms with Crippen LogP contribution in [0.25, 0.3) is 0 Å². The summed E-state index contributed by atoms with van der Waals surface area (Å²) in [5.41, 5.74) is 1.88. The molecule has 0 saturated carbocycles. The van der Waals surface area contributed by atoms with Crippen LogP contribution in [0.1, 0.15) is 21.5 Å². The summed E-state index contributed by atoms with van der Waals surface area (Å²) in [7, 11) is 3.13. The third kappa shape index (κ3) is 4.78. The number of halogens is 1. The van der Waals surface area contributed by atoms with Crippen molar-refractivity contribution in [3.63, 3.8) is 0 Å². The van der Waals surface area contributed by atoms with E-state index in [1.54, 1.807) is 50.7 Å². The van der Waals surface area contributed by atoms with Crippen molar-refractivity contribution in [2.45, 2.75) is 13.5 Å². The van der Waals surface area contributed by atoms with E-state index in [-0.39, 0.29) is 12.1 Å². The first-order chi connectivity index (χ1) is 13.9. The molecular weight excluding hydrogens is 392 g/mol. The van der Waals surface area contributed by atoms with E-state index < -0.39 is 11.5 Å². The summed E-state index contributed by atoms with van der Waals surface area (Å²) in [4.78, 5) is 25.5. The molecule has 0 spiro atoms. The van der Waals surface area contributed by atoms with Crippen molar-refractivity contribution in [1.82, 2.24) is 4.57 Å². The van der Waals surface area contributed by atoms with Gasteiger partial charge in [0.15, 0.2) is 0 Å². The van der Waals surface area contributed by atoms with Crippen LogP contribution >= 0.6 is 11.6 Å². The molecular formula is C22H21ClN2O4. The number of hydrogen-bond acceptors (Lipinski definition) is 4. The summed E-state index contributed by atoms with van der Waals surface area (Å²) < 4.78 is 12.0. The Kier molecular flexibility index (Phi) is 6.24. The van der Waals surface area contributed by atoms with E-state index in [4.69, 9.17) is 21.1 Å². The Balaban J connectivity index is 1.87. The highest BCUT2D eigenvalue weighted by molar-refractivity contribution is 6.31. The zero-order valence-corrected chi connectivity index (χ0v) is 17.1. The van der Waals surface area contributed by atoms with Gasteiger partial charge in [-0.05, 0) is 54.4 Å². The number of ether oxygens (including phenoxy) is 2. The molecule has 0 unspecified atom stereocenters. The summed E-state index contributed by atoms with van der Waals surface area (Å²) in [6.45, 7) is 2.14. The Morgan fingerprint density at radius 1 is 1.07 bits per heavy atom. The molecule has 6 nitrogen and oxygen atoms in total. The monoisotopic (exact) mass is 412 g/mol. The molecule has 1 aromatic heterocycles. The van der Waals surface area contributed by atoms with Crippen LogP contribution in [0.5, 0.6) is 11.5 Å². The van der Waals surface area contributed by atoms with Crippen molar-refractivity contribution in [3.05, 3.63) is 86.8 Å². The van der Waals surface area contributed by atoms with Crippen molar-refractivity contribution in [1.29, 1.82) is 0 Å². The summed E-state index contributed by atoms with van der Waals surface area (Å²) in [6.07, 6.45) is 1.63. The first-order valence-electron chi connectivity index (χ1n) is 8.90. The molecule has 3 aromatic rings. The minimum absolute atomic E-state index is 0.0408. The second-order valence-corrected chi connectivity index (χ2v) is 6.90. The molecule has 29 heavy (non-hydrogen) atoms. The number of rotatable bonds is 6. The largest absolute Gasteiger partial charge is 0.497 e. The maximum absolute atomic E-state index is 12.8. The Morgan fingerprint density at radius 3 is 2.38 bits per heavy atom. The van der Waals surface area contributed by atoms with Crippen molar-refractivity contribution in [2.24, 2.45) is 0 Å². The lowest BCUT2D eigenvalue weighted by molar-refractivity contribution is 0.102. The van der Waals surface area contributed by atoms with E-state index in [0.29, 0.717) is 22.2 Å². The molecule has 1 amide bonds. The maximum Gasteiger partial charge on any atom is 0.263 e. The van der Waals surface area contributed by atoms with Crippen LogP contribution in [-0.4, -0.2) is 24.7 Å². The predicted octanol–water partition coefficient (Wildman–Crippen LogP) is 4.13. The molecule has 1 heterocycles. The lowest BCUT2D eigenvalue weighted by atomic mass is 10.1. The first-order valence-corrected chi connectivity index (χ1v) is 9.28. The highest BCUT2D eigenvalue weighted by Crippen LogP contribution is 2.23. The van der Waals surface area contributed by atoms with E-state index in [1.165, 1.54) is 10.6 Å². The van der Waals surface area contributed by atoms with E-state index in [1.807, 2.05) is 19.1 Å². The number of nitrogens with one attached hydrogen (secondary N) is 1. The molecule has 0 atom stereocenters. The van der Waals surface area contributed by atoms with Crippen molar-refractivity contribution in [3.8, 4) is 11.5 Å². The van der Waals surface area contributed by atoms with Gasteiger partial charge in [0.25, 0.3) is 11.5 Å². The second kappa shape index (κ2) is 8.84. The van der Waals surface area contributed by atoms with Gasteiger partial charge >= 0.3 is 0 Å². The minimum Gasteiger partial charge on any atom is -0.497 e. The van der Waals surface area contributed by atoms with Gasteiger partial charge in [-0.15, -0.1) is 0 Å². The fourth-order valence-corrected chi connectivity index (χ4v) is 3.04. The molecule has 0 aliphatic rings. The summed E-state index contributed by atoms with van der Waals surface area (Å²) in [5, 5.41) is 3.26. The Hall–Kier alpha value is -3.25. The number of carbonyl (C=O) groups excluding carboxylic acids is 1. The van der Waals surface area contributed by atoms with E-state index >= 15 is 0 Å². The van der Waals surface area contributed by atoms with Gasteiger partial charge in [0.1, 0.15) is 17.1 Å². The fourth-order valence-electron chi connectivity index (χ4n) is 2.86. The average molecular weight is 413 g/mol. The van der Waals surface area contributed by atoms with Crippen LogP contribution in [0.4, 0.5) is 5.69 Å². The molecule has 0 saturated heterocycles. The predicted molar refractivity (Wildman–Crippen MR) is 113 cm³/mol. The Morgan fingerprint density at radius 2 is 1.76 bits per heavy atom. The Labute approximate surface area is 173 Å². The van der Waals surface area contributed by atoms with Gasteiger partial charge in [0.05, 0.1) is 20.8 Å². The number of methoxy groups -OCH3 is 2. The fraction of sp³-hybridized carbons (Fsp3) is 0.182. The molecule has 0 aliphatic carbocycles. The van der Waals surface area contributed by atoms with Gasteiger partial charge in [-0.2, -0.15) is 0 Å². The van der Waals surface area contributed by atoms with Crippen LogP contribution in [-0.2, 0) is 6.54 Å². The molecule has 0 bridgehead atoms. The van der Waals surface area contributed by atoms with Gasteiger partial charge < -0.3 is 19.4 Å². The zero-order chi connectivity index (χ0) is 21.0. The molecule has 150 valence electrons. The van der Waals surface area contributed by atoms with E-state index in [0.717, 1.165) is 11.1 Å². The smallest absolute Gasteiger partial charge is 0.263 e. The number of aromatic nitrogens is 1. The van der Waals surface area contributed by atoms with Gasteiger partial charge in [-0.1, -0.05) is 17.7 Å². The number of hydrogen-bond donors (Lipinski definition) is 1. The van der Waals surface area contributed by atoms with Crippen molar-refractivity contribution in [2.75, 3.05) is 19.5 Å². The quantitative estimate of drug-likeness (QED) is 0.661. The zero-order valence-electron chi connectivity index (χ0n) is 16.4. The third-order valence-corrected chi connectivity index (χ3v) is 4.87. The van der Waals surface area contributed by atoms with Crippen LogP contribution < -0.4 is 20.3 Å². The molecule has 0 fully saturated rings. The number of anilines is 1. The van der Waals surface area contributed by atoms with Crippen molar-refractivity contribution >= 4 is 23.2 Å². The molecule has 0 aliphatic heterocycles. The second-order valence-electron chi connectivity index (χ2n) is 6.49. The number of carbonyl (C=O) groups is 1. The molecule has 2 aromatic carbocycles. The van der Waals surface area contributed by atoms with Crippen LogP contribution in [0.15, 0.2) is 59.5 Å². The normalized spacial score (nSPS) is 10.5. The standard InChI is InChI=1S/C22H21ClN2O4/c1-14-6-7-16(11-20(14)23)24-21(26)19-5-4-8-25(22(19)27)13-15-9-17(28-2)12-18(10-15)29-3/h4-12H,13H2,1-3H3,(H,24,26). The molecule has 7 heteroatoms. The lowest BCUT2D eigenvalue weighted by Gasteiger charge is -2.12. The van der Waals surface area contributed by atoms with Gasteiger partial charge in [0.2, 0.25) is 0 Å². The van der Waals surface area contributed by atoms with Crippen molar-refractivity contribution < 1.29 is 14.3 Å². The number of pyridine rings is 1. The molecule has 0 radical (unpaired) electrons. The first kappa shape index (κ1) is 20.5. The number of benzene rings is 2. The van der Waals surface area contributed by atoms with Crippen LogP contribution in [0, 0.1) is 6.92 Å².